The number of carbonyl (C=O) groups is 1. The minimum Gasteiger partial charge on any atom is -0.493 e. The summed E-state index contributed by atoms with van der Waals surface area (Å²) < 4.78 is 34.4. The Morgan fingerprint density at radius 3 is 2.11 bits per heavy atom. The van der Waals surface area contributed by atoms with Gasteiger partial charge in [-0.15, -0.1) is 0 Å². The first-order valence-corrected chi connectivity index (χ1v) is 11.1. The van der Waals surface area contributed by atoms with Crippen molar-refractivity contribution < 1.29 is 22.7 Å². The monoisotopic (exact) mass is 405 g/mol. The molecular formula is C21H27NO5S. The number of benzene rings is 2. The average molecular weight is 406 g/mol. The van der Waals surface area contributed by atoms with E-state index in [0.29, 0.717) is 24.3 Å². The van der Waals surface area contributed by atoms with Crippen molar-refractivity contribution in [2.75, 3.05) is 13.4 Å². The summed E-state index contributed by atoms with van der Waals surface area (Å²) in [5.41, 5.74) is 0.843. The third-order valence-corrected chi connectivity index (χ3v) is 5.57. The second-order valence-corrected chi connectivity index (χ2v) is 8.49. The highest BCUT2D eigenvalue weighted by Crippen LogP contribution is 2.28. The molecule has 0 aliphatic carbocycles. The highest BCUT2D eigenvalue weighted by atomic mass is 32.2. The van der Waals surface area contributed by atoms with E-state index in [9.17, 15) is 13.2 Å². The number of hydrogen-bond donors (Lipinski definition) is 1. The summed E-state index contributed by atoms with van der Waals surface area (Å²) in [5, 5.41) is 3.00. The molecule has 1 amide bonds. The second-order valence-electron chi connectivity index (χ2n) is 6.48. The van der Waals surface area contributed by atoms with Crippen LogP contribution < -0.4 is 14.8 Å². The maximum absolute atomic E-state index is 12.8. The van der Waals surface area contributed by atoms with E-state index in [1.54, 1.807) is 43.5 Å². The molecule has 0 aliphatic heterocycles. The van der Waals surface area contributed by atoms with Gasteiger partial charge in [0.05, 0.1) is 18.0 Å². The van der Waals surface area contributed by atoms with E-state index in [4.69, 9.17) is 9.47 Å². The van der Waals surface area contributed by atoms with Gasteiger partial charge in [0.25, 0.3) is 5.91 Å². The predicted molar refractivity (Wildman–Crippen MR) is 108 cm³/mol. The Hall–Kier alpha value is -2.54. The molecule has 0 aliphatic rings. The summed E-state index contributed by atoms with van der Waals surface area (Å²) in [6, 6.07) is 13.5. The lowest BCUT2D eigenvalue weighted by molar-refractivity contribution is -0.129. The maximum Gasteiger partial charge on any atom is 0.261 e. The summed E-state index contributed by atoms with van der Waals surface area (Å²) in [7, 11) is -1.70. The lowest BCUT2D eigenvalue weighted by atomic mass is 10.0. The molecule has 2 aromatic rings. The Bertz CT molecular complexity index is 893. The first-order valence-electron chi connectivity index (χ1n) is 9.20. The number of rotatable bonds is 9. The van der Waals surface area contributed by atoms with Gasteiger partial charge in [0.1, 0.15) is 0 Å². The first kappa shape index (κ1) is 21.8. The number of amides is 1. The molecule has 0 unspecified atom stereocenters. The van der Waals surface area contributed by atoms with Crippen molar-refractivity contribution >= 4 is 15.7 Å². The Kier molecular flexibility index (Phi) is 7.45. The lowest BCUT2D eigenvalue weighted by Gasteiger charge is -2.23. The zero-order chi connectivity index (χ0) is 20.7. The van der Waals surface area contributed by atoms with Crippen molar-refractivity contribution in [1.29, 1.82) is 0 Å². The summed E-state index contributed by atoms with van der Waals surface area (Å²) in [6.45, 7) is 3.83. The molecule has 1 N–H and O–H groups in total. The molecule has 0 aromatic heterocycles. The SMILES string of the molecule is CC[C@H](Oc1ccccc1OC)C(=O)N[C@H](CC)c1ccc(S(C)(=O)=O)cc1. The second kappa shape index (κ2) is 9.59. The van der Waals surface area contributed by atoms with Crippen LogP contribution in [0, 0.1) is 0 Å². The van der Waals surface area contributed by atoms with Crippen molar-refractivity contribution in [3.05, 3.63) is 54.1 Å². The molecule has 0 saturated carbocycles. The standard InChI is InChI=1S/C21H27NO5S/c1-5-17(15-11-13-16(14-12-15)28(4,24)25)22-21(23)18(6-2)27-20-10-8-7-9-19(20)26-3/h7-14,17-18H,5-6H2,1-4H3,(H,22,23)/t17-,18+/m1/s1. The van der Waals surface area contributed by atoms with Gasteiger partial charge >= 0.3 is 0 Å². The molecule has 0 bridgehead atoms. The quantitative estimate of drug-likeness (QED) is 0.690. The van der Waals surface area contributed by atoms with Crippen LogP contribution in [0.1, 0.15) is 38.3 Å². The van der Waals surface area contributed by atoms with E-state index in [0.717, 1.165) is 5.56 Å². The van der Waals surface area contributed by atoms with Gasteiger partial charge in [0, 0.05) is 6.26 Å². The molecule has 7 heteroatoms. The van der Waals surface area contributed by atoms with Gasteiger partial charge in [-0.3, -0.25) is 4.79 Å². The van der Waals surface area contributed by atoms with E-state index < -0.39 is 15.9 Å². The van der Waals surface area contributed by atoms with Gasteiger partial charge in [0.15, 0.2) is 27.4 Å². The van der Waals surface area contributed by atoms with Crippen LogP contribution in [0.3, 0.4) is 0 Å². The third kappa shape index (κ3) is 5.48. The van der Waals surface area contributed by atoms with Crippen molar-refractivity contribution in [2.45, 2.75) is 43.7 Å². The fourth-order valence-corrected chi connectivity index (χ4v) is 3.46. The Morgan fingerprint density at radius 2 is 1.61 bits per heavy atom. The van der Waals surface area contributed by atoms with Gasteiger partial charge in [-0.1, -0.05) is 38.1 Å². The minimum absolute atomic E-state index is 0.229. The number of nitrogens with one attached hydrogen (secondary N) is 1. The van der Waals surface area contributed by atoms with E-state index in [2.05, 4.69) is 5.32 Å². The predicted octanol–water partition coefficient (Wildman–Crippen LogP) is 3.52. The number of sulfone groups is 1. The number of carbonyl (C=O) groups excluding carboxylic acids is 1. The maximum atomic E-state index is 12.8. The molecule has 2 atom stereocenters. The van der Waals surface area contributed by atoms with Gasteiger partial charge in [-0.2, -0.15) is 0 Å². The molecule has 2 rings (SSSR count). The molecule has 28 heavy (non-hydrogen) atoms. The Balaban J connectivity index is 2.13. The number of methoxy groups -OCH3 is 1. The lowest BCUT2D eigenvalue weighted by Crippen LogP contribution is -2.40. The van der Waals surface area contributed by atoms with Gasteiger partial charge in [-0.25, -0.2) is 8.42 Å². The summed E-state index contributed by atoms with van der Waals surface area (Å²) in [6.07, 6.45) is 1.66. The number of ether oxygens (including phenoxy) is 2. The van der Waals surface area contributed by atoms with Crippen LogP contribution in [-0.2, 0) is 14.6 Å². The Labute approximate surface area is 166 Å². The highest BCUT2D eigenvalue weighted by Gasteiger charge is 2.23. The van der Waals surface area contributed by atoms with Crippen LogP contribution in [0.5, 0.6) is 11.5 Å². The van der Waals surface area contributed by atoms with Gasteiger partial charge in [-0.05, 0) is 42.7 Å². The van der Waals surface area contributed by atoms with Crippen LogP contribution in [-0.4, -0.2) is 33.8 Å². The molecule has 0 heterocycles. The molecule has 2 aromatic carbocycles. The minimum atomic E-state index is -3.25. The van der Waals surface area contributed by atoms with E-state index >= 15 is 0 Å². The van der Waals surface area contributed by atoms with Crippen molar-refractivity contribution in [1.82, 2.24) is 5.32 Å². The largest absolute Gasteiger partial charge is 0.493 e. The topological polar surface area (TPSA) is 81.7 Å². The van der Waals surface area contributed by atoms with E-state index in [1.807, 2.05) is 26.0 Å². The van der Waals surface area contributed by atoms with E-state index in [-0.39, 0.29) is 16.8 Å². The zero-order valence-corrected chi connectivity index (χ0v) is 17.5. The fourth-order valence-electron chi connectivity index (χ4n) is 2.82. The van der Waals surface area contributed by atoms with Crippen molar-refractivity contribution in [2.24, 2.45) is 0 Å². The van der Waals surface area contributed by atoms with E-state index in [1.165, 1.54) is 6.26 Å². The van der Waals surface area contributed by atoms with Gasteiger partial charge < -0.3 is 14.8 Å². The van der Waals surface area contributed by atoms with Crippen LogP contribution in [0.4, 0.5) is 0 Å². The van der Waals surface area contributed by atoms with Crippen molar-refractivity contribution in [3.63, 3.8) is 0 Å². The molecule has 152 valence electrons. The molecule has 0 radical (unpaired) electrons. The van der Waals surface area contributed by atoms with Crippen LogP contribution in [0.25, 0.3) is 0 Å². The van der Waals surface area contributed by atoms with Crippen LogP contribution in [0.2, 0.25) is 0 Å². The first-order chi connectivity index (χ1) is 13.3. The van der Waals surface area contributed by atoms with Gasteiger partial charge in [0.2, 0.25) is 0 Å². The number of para-hydroxylation sites is 2. The average Bonchev–Trinajstić information content (AvgIpc) is 2.69. The summed E-state index contributed by atoms with van der Waals surface area (Å²) in [5.74, 6) is 0.849. The van der Waals surface area contributed by atoms with Crippen LogP contribution in [0.15, 0.2) is 53.4 Å². The number of hydrogen-bond acceptors (Lipinski definition) is 5. The Morgan fingerprint density at radius 1 is 1.00 bits per heavy atom. The smallest absolute Gasteiger partial charge is 0.261 e. The van der Waals surface area contributed by atoms with Crippen LogP contribution >= 0.6 is 0 Å². The molecule has 0 saturated heterocycles. The summed E-state index contributed by atoms with van der Waals surface area (Å²) in [4.78, 5) is 13.0. The normalized spacial score (nSPS) is 13.4. The summed E-state index contributed by atoms with van der Waals surface area (Å²) >= 11 is 0. The van der Waals surface area contributed by atoms with Crippen molar-refractivity contribution in [3.8, 4) is 11.5 Å². The third-order valence-electron chi connectivity index (χ3n) is 4.44. The zero-order valence-electron chi connectivity index (χ0n) is 16.6. The molecular weight excluding hydrogens is 378 g/mol. The fraction of sp³-hybridized carbons (Fsp3) is 0.381. The molecule has 6 nitrogen and oxygen atoms in total. The highest BCUT2D eigenvalue weighted by molar-refractivity contribution is 7.90. The molecule has 0 spiro atoms. The molecule has 0 fully saturated rings.